The van der Waals surface area contributed by atoms with Gasteiger partial charge in [-0.2, -0.15) is 5.26 Å². The van der Waals surface area contributed by atoms with Gasteiger partial charge in [-0.3, -0.25) is 0 Å². The van der Waals surface area contributed by atoms with Crippen molar-refractivity contribution in [2.24, 2.45) is 5.92 Å². The molecule has 0 fully saturated rings. The number of hydrogen-bond donors (Lipinski definition) is 0. The second-order valence-corrected chi connectivity index (χ2v) is 4.37. The minimum atomic E-state index is 0.215. The number of ether oxygens (including phenoxy) is 1. The average Bonchev–Trinajstić information content (AvgIpc) is 2.26. The number of aromatic nitrogens is 1. The van der Waals surface area contributed by atoms with E-state index in [1.54, 1.807) is 6.20 Å². The molecular formula is C13H18N2O. The van der Waals surface area contributed by atoms with Gasteiger partial charge in [-0.25, -0.2) is 4.98 Å². The third-order valence-electron chi connectivity index (χ3n) is 2.32. The van der Waals surface area contributed by atoms with E-state index >= 15 is 0 Å². The Hall–Kier alpha value is -1.40. The SMILES string of the molecule is CC(C)CC(C)OCc1cccnc1C#N. The molecular weight excluding hydrogens is 200 g/mol. The molecule has 0 saturated heterocycles. The number of hydrogen-bond acceptors (Lipinski definition) is 3. The molecule has 1 aromatic heterocycles. The summed E-state index contributed by atoms with van der Waals surface area (Å²) < 4.78 is 5.69. The standard InChI is InChI=1S/C13H18N2O/c1-10(2)7-11(3)16-9-12-5-4-6-15-13(12)8-14/h4-6,10-11H,7,9H2,1-3H3. The number of rotatable bonds is 5. The molecule has 0 bridgehead atoms. The molecule has 1 atom stereocenters. The first-order chi connectivity index (χ1) is 7.63. The molecule has 1 unspecified atom stereocenters. The number of nitrogens with zero attached hydrogens (tertiary/aromatic N) is 2. The van der Waals surface area contributed by atoms with E-state index in [4.69, 9.17) is 10.00 Å². The van der Waals surface area contributed by atoms with Crippen molar-refractivity contribution >= 4 is 0 Å². The normalized spacial score (nSPS) is 12.4. The lowest BCUT2D eigenvalue weighted by atomic mass is 10.1. The van der Waals surface area contributed by atoms with E-state index in [0.29, 0.717) is 18.2 Å². The van der Waals surface area contributed by atoms with Crippen molar-refractivity contribution in [1.29, 1.82) is 5.26 Å². The molecule has 0 aliphatic heterocycles. The summed E-state index contributed by atoms with van der Waals surface area (Å²) in [6.07, 6.45) is 2.87. The molecule has 0 saturated carbocycles. The van der Waals surface area contributed by atoms with Crippen molar-refractivity contribution in [3.8, 4) is 6.07 Å². The summed E-state index contributed by atoms with van der Waals surface area (Å²) in [5.74, 6) is 0.624. The predicted octanol–water partition coefficient (Wildman–Crippen LogP) is 2.90. The minimum absolute atomic E-state index is 0.215. The topological polar surface area (TPSA) is 45.9 Å². The third kappa shape index (κ3) is 4.00. The Bertz CT molecular complexity index is 368. The molecule has 0 amide bonds. The van der Waals surface area contributed by atoms with Crippen LogP contribution in [0.3, 0.4) is 0 Å². The number of pyridine rings is 1. The van der Waals surface area contributed by atoms with Crippen LogP contribution in [-0.4, -0.2) is 11.1 Å². The Balaban J connectivity index is 2.52. The first-order valence-electron chi connectivity index (χ1n) is 5.59. The summed E-state index contributed by atoms with van der Waals surface area (Å²) in [5, 5.41) is 8.86. The van der Waals surface area contributed by atoms with Gasteiger partial charge in [0.25, 0.3) is 0 Å². The Morgan fingerprint density at radius 3 is 2.81 bits per heavy atom. The quantitative estimate of drug-likeness (QED) is 0.763. The molecule has 0 radical (unpaired) electrons. The van der Waals surface area contributed by atoms with Crippen LogP contribution < -0.4 is 0 Å². The van der Waals surface area contributed by atoms with Crippen molar-refractivity contribution in [1.82, 2.24) is 4.98 Å². The summed E-state index contributed by atoms with van der Waals surface area (Å²) in [5.41, 5.74) is 1.32. The van der Waals surface area contributed by atoms with Gasteiger partial charge in [0.1, 0.15) is 11.8 Å². The molecule has 0 N–H and O–H groups in total. The Morgan fingerprint density at radius 1 is 1.44 bits per heavy atom. The molecule has 86 valence electrons. The van der Waals surface area contributed by atoms with Crippen LogP contribution in [0.15, 0.2) is 18.3 Å². The fourth-order valence-electron chi connectivity index (χ4n) is 1.62. The molecule has 16 heavy (non-hydrogen) atoms. The minimum Gasteiger partial charge on any atom is -0.374 e. The number of nitriles is 1. The van der Waals surface area contributed by atoms with Crippen LogP contribution in [-0.2, 0) is 11.3 Å². The van der Waals surface area contributed by atoms with Crippen LogP contribution in [0, 0.1) is 17.2 Å². The van der Waals surface area contributed by atoms with Crippen molar-refractivity contribution in [2.45, 2.75) is 39.9 Å². The Labute approximate surface area is 97.1 Å². The molecule has 1 aromatic rings. The monoisotopic (exact) mass is 218 g/mol. The summed E-state index contributed by atoms with van der Waals surface area (Å²) >= 11 is 0. The highest BCUT2D eigenvalue weighted by Gasteiger charge is 2.07. The van der Waals surface area contributed by atoms with Crippen LogP contribution in [0.2, 0.25) is 0 Å². The first kappa shape index (κ1) is 12.7. The van der Waals surface area contributed by atoms with Gasteiger partial charge >= 0.3 is 0 Å². The van der Waals surface area contributed by atoms with E-state index in [-0.39, 0.29) is 6.10 Å². The zero-order valence-electron chi connectivity index (χ0n) is 10.1. The Morgan fingerprint density at radius 2 is 2.19 bits per heavy atom. The van der Waals surface area contributed by atoms with Crippen LogP contribution in [0.4, 0.5) is 0 Å². The molecule has 3 heteroatoms. The molecule has 0 aromatic carbocycles. The highest BCUT2D eigenvalue weighted by molar-refractivity contribution is 5.29. The largest absolute Gasteiger partial charge is 0.374 e. The fraction of sp³-hybridized carbons (Fsp3) is 0.538. The van der Waals surface area contributed by atoms with E-state index in [1.807, 2.05) is 12.1 Å². The maximum Gasteiger partial charge on any atom is 0.145 e. The smallest absolute Gasteiger partial charge is 0.145 e. The molecule has 1 rings (SSSR count). The summed E-state index contributed by atoms with van der Waals surface area (Å²) in [7, 11) is 0. The summed E-state index contributed by atoms with van der Waals surface area (Å²) in [4.78, 5) is 3.99. The second-order valence-electron chi connectivity index (χ2n) is 4.37. The Kier molecular flexibility index (Phi) is 4.94. The lowest BCUT2D eigenvalue weighted by molar-refractivity contribution is 0.0394. The van der Waals surface area contributed by atoms with Gasteiger partial charge in [0.15, 0.2) is 0 Å². The van der Waals surface area contributed by atoms with Gasteiger partial charge in [-0.1, -0.05) is 19.9 Å². The van der Waals surface area contributed by atoms with E-state index < -0.39 is 0 Å². The van der Waals surface area contributed by atoms with Crippen molar-refractivity contribution in [2.75, 3.05) is 0 Å². The van der Waals surface area contributed by atoms with Crippen LogP contribution in [0.1, 0.15) is 38.4 Å². The zero-order valence-corrected chi connectivity index (χ0v) is 10.1. The molecule has 0 aliphatic rings. The highest BCUT2D eigenvalue weighted by Crippen LogP contribution is 2.12. The van der Waals surface area contributed by atoms with E-state index in [1.165, 1.54) is 0 Å². The summed E-state index contributed by atoms with van der Waals surface area (Å²) in [6.45, 7) is 6.86. The predicted molar refractivity (Wildman–Crippen MR) is 62.7 cm³/mol. The van der Waals surface area contributed by atoms with Gasteiger partial charge in [0.2, 0.25) is 0 Å². The van der Waals surface area contributed by atoms with Gasteiger partial charge in [0, 0.05) is 11.8 Å². The van der Waals surface area contributed by atoms with Gasteiger partial charge in [0.05, 0.1) is 12.7 Å². The lowest BCUT2D eigenvalue weighted by Crippen LogP contribution is -2.11. The van der Waals surface area contributed by atoms with Gasteiger partial charge in [-0.05, 0) is 25.3 Å². The third-order valence-corrected chi connectivity index (χ3v) is 2.32. The van der Waals surface area contributed by atoms with E-state index in [0.717, 1.165) is 12.0 Å². The van der Waals surface area contributed by atoms with E-state index in [2.05, 4.69) is 31.8 Å². The van der Waals surface area contributed by atoms with Crippen LogP contribution in [0.25, 0.3) is 0 Å². The summed E-state index contributed by atoms with van der Waals surface area (Å²) in [6, 6.07) is 5.78. The first-order valence-corrected chi connectivity index (χ1v) is 5.59. The van der Waals surface area contributed by atoms with Crippen molar-refractivity contribution in [3.63, 3.8) is 0 Å². The molecule has 1 heterocycles. The molecule has 3 nitrogen and oxygen atoms in total. The maximum absolute atomic E-state index is 8.86. The lowest BCUT2D eigenvalue weighted by Gasteiger charge is -2.15. The van der Waals surface area contributed by atoms with Crippen LogP contribution in [0.5, 0.6) is 0 Å². The maximum atomic E-state index is 8.86. The second kappa shape index (κ2) is 6.24. The fourth-order valence-corrected chi connectivity index (χ4v) is 1.62. The van der Waals surface area contributed by atoms with Crippen molar-refractivity contribution in [3.05, 3.63) is 29.6 Å². The van der Waals surface area contributed by atoms with Gasteiger partial charge < -0.3 is 4.74 Å². The van der Waals surface area contributed by atoms with Crippen molar-refractivity contribution < 1.29 is 4.74 Å². The molecule has 0 aliphatic carbocycles. The highest BCUT2D eigenvalue weighted by atomic mass is 16.5. The zero-order chi connectivity index (χ0) is 12.0. The van der Waals surface area contributed by atoms with Crippen LogP contribution >= 0.6 is 0 Å². The van der Waals surface area contributed by atoms with E-state index in [9.17, 15) is 0 Å². The molecule has 0 spiro atoms. The average molecular weight is 218 g/mol. The van der Waals surface area contributed by atoms with Gasteiger partial charge in [-0.15, -0.1) is 0 Å².